The van der Waals surface area contributed by atoms with Crippen LogP contribution in [-0.2, 0) is 12.0 Å². The van der Waals surface area contributed by atoms with Gasteiger partial charge in [-0.2, -0.15) is 4.39 Å². The topological polar surface area (TPSA) is 35.0 Å². The number of halogens is 1. The van der Waals surface area contributed by atoms with Gasteiger partial charge in [0.15, 0.2) is 0 Å². The quantitative estimate of drug-likeness (QED) is 0.797. The smallest absolute Gasteiger partial charge is 0.213 e. The van der Waals surface area contributed by atoms with Gasteiger partial charge in [-0.3, -0.25) is 0 Å². The third-order valence-corrected chi connectivity index (χ3v) is 3.21. The van der Waals surface area contributed by atoms with Crippen molar-refractivity contribution in [2.45, 2.75) is 32.8 Å². The molecule has 2 rings (SSSR count). The van der Waals surface area contributed by atoms with E-state index in [1.165, 1.54) is 12.3 Å². The fourth-order valence-corrected chi connectivity index (χ4v) is 2.25. The third kappa shape index (κ3) is 3.26. The van der Waals surface area contributed by atoms with E-state index in [1.807, 2.05) is 5.38 Å². The molecular weight excluding hydrogens is 251 g/mol. The molecule has 0 atom stereocenters. The lowest BCUT2D eigenvalue weighted by atomic mass is 9.93. The molecular formula is C13H15FN2OS. The van der Waals surface area contributed by atoms with Crippen molar-refractivity contribution in [1.29, 1.82) is 0 Å². The summed E-state index contributed by atoms with van der Waals surface area (Å²) >= 11 is 1.57. The Hall–Kier alpha value is -1.49. The number of hydrogen-bond donors (Lipinski definition) is 0. The zero-order valence-corrected chi connectivity index (χ0v) is 11.4. The highest BCUT2D eigenvalue weighted by molar-refractivity contribution is 7.09. The van der Waals surface area contributed by atoms with Gasteiger partial charge in [-0.05, 0) is 12.1 Å². The van der Waals surface area contributed by atoms with Gasteiger partial charge in [0.1, 0.15) is 17.4 Å². The summed E-state index contributed by atoms with van der Waals surface area (Å²) in [5.74, 6) is 0.0375. The molecule has 2 aromatic rings. The van der Waals surface area contributed by atoms with Crippen LogP contribution in [0.4, 0.5) is 4.39 Å². The van der Waals surface area contributed by atoms with Crippen LogP contribution in [0.2, 0.25) is 0 Å². The van der Waals surface area contributed by atoms with Crippen molar-refractivity contribution < 1.29 is 9.13 Å². The number of thiazole rings is 1. The molecule has 2 heterocycles. The van der Waals surface area contributed by atoms with Gasteiger partial charge in [-0.15, -0.1) is 11.3 Å². The molecule has 5 heteroatoms. The Morgan fingerprint density at radius 2 is 2.11 bits per heavy atom. The summed E-state index contributed by atoms with van der Waals surface area (Å²) in [5, 5.41) is 2.95. The molecule has 0 aliphatic carbocycles. The summed E-state index contributed by atoms with van der Waals surface area (Å²) in [6, 6.07) is 2.83. The highest BCUT2D eigenvalue weighted by Gasteiger charge is 2.17. The average molecular weight is 266 g/mol. The predicted octanol–water partition coefficient (Wildman–Crippen LogP) is 3.55. The molecule has 0 fully saturated rings. The van der Waals surface area contributed by atoms with Gasteiger partial charge in [0.05, 0.1) is 11.9 Å². The number of pyridine rings is 1. The van der Waals surface area contributed by atoms with E-state index in [-0.39, 0.29) is 5.41 Å². The maximum Gasteiger partial charge on any atom is 0.213 e. The van der Waals surface area contributed by atoms with Gasteiger partial charge in [-0.25, -0.2) is 9.97 Å². The first-order valence-corrected chi connectivity index (χ1v) is 6.52. The monoisotopic (exact) mass is 266 g/mol. The second-order valence-electron chi connectivity index (χ2n) is 4.98. The molecule has 2 aromatic heterocycles. The number of nitrogens with zero attached hydrogens (tertiary/aromatic N) is 2. The van der Waals surface area contributed by atoms with Gasteiger partial charge in [0.25, 0.3) is 0 Å². The minimum atomic E-state index is -0.508. The largest absolute Gasteiger partial charge is 0.485 e. The number of aromatic nitrogens is 2. The van der Waals surface area contributed by atoms with Crippen LogP contribution in [0.1, 0.15) is 31.5 Å². The van der Waals surface area contributed by atoms with Gasteiger partial charge >= 0.3 is 0 Å². The van der Waals surface area contributed by atoms with E-state index in [0.29, 0.717) is 12.4 Å². The van der Waals surface area contributed by atoms with Crippen LogP contribution in [0.5, 0.6) is 5.75 Å². The Morgan fingerprint density at radius 3 is 2.67 bits per heavy atom. The zero-order chi connectivity index (χ0) is 13.2. The Kier molecular flexibility index (Phi) is 3.61. The Labute approximate surface area is 110 Å². The Morgan fingerprint density at radius 1 is 1.33 bits per heavy atom. The molecule has 0 spiro atoms. The van der Waals surface area contributed by atoms with Crippen molar-refractivity contribution in [1.82, 2.24) is 9.97 Å². The van der Waals surface area contributed by atoms with Crippen LogP contribution in [0.15, 0.2) is 23.7 Å². The van der Waals surface area contributed by atoms with Crippen LogP contribution < -0.4 is 4.74 Å². The summed E-state index contributed by atoms with van der Waals surface area (Å²) in [4.78, 5) is 8.04. The standard InChI is InChI=1S/C13H15FN2OS/c1-13(2,3)10-8-18-12(16-10)7-17-9-4-5-11(14)15-6-9/h4-6,8H,7H2,1-3H3. The van der Waals surface area contributed by atoms with E-state index in [1.54, 1.807) is 17.4 Å². The summed E-state index contributed by atoms with van der Waals surface area (Å²) in [7, 11) is 0. The van der Waals surface area contributed by atoms with Crippen LogP contribution in [0, 0.1) is 5.95 Å². The summed E-state index contributed by atoms with van der Waals surface area (Å²) in [6.07, 6.45) is 1.37. The van der Waals surface area contributed by atoms with Crippen molar-refractivity contribution in [2.24, 2.45) is 0 Å². The lowest BCUT2D eigenvalue weighted by Crippen LogP contribution is -2.11. The third-order valence-electron chi connectivity index (χ3n) is 2.38. The minimum Gasteiger partial charge on any atom is -0.485 e. The van der Waals surface area contributed by atoms with Crippen LogP contribution in [0.25, 0.3) is 0 Å². The molecule has 0 saturated heterocycles. The number of rotatable bonds is 3. The van der Waals surface area contributed by atoms with Gasteiger partial charge in [-0.1, -0.05) is 20.8 Å². The summed E-state index contributed by atoms with van der Waals surface area (Å²) < 4.78 is 18.1. The van der Waals surface area contributed by atoms with E-state index >= 15 is 0 Å². The first kappa shape index (κ1) is 13.0. The highest BCUT2D eigenvalue weighted by Crippen LogP contribution is 2.24. The summed E-state index contributed by atoms with van der Waals surface area (Å²) in [5.41, 5.74) is 1.11. The average Bonchev–Trinajstić information content (AvgIpc) is 2.77. The van der Waals surface area contributed by atoms with E-state index in [4.69, 9.17) is 4.74 Å². The van der Waals surface area contributed by atoms with Crippen LogP contribution >= 0.6 is 11.3 Å². The molecule has 0 aliphatic heterocycles. The normalized spacial score (nSPS) is 11.6. The minimum absolute atomic E-state index is 0.0478. The Balaban J connectivity index is 1.98. The molecule has 96 valence electrons. The summed E-state index contributed by atoms with van der Waals surface area (Å²) in [6.45, 7) is 6.75. The molecule has 0 saturated carbocycles. The molecule has 0 N–H and O–H groups in total. The van der Waals surface area contributed by atoms with Crippen molar-refractivity contribution in [3.63, 3.8) is 0 Å². The lowest BCUT2D eigenvalue weighted by molar-refractivity contribution is 0.302. The molecule has 0 radical (unpaired) electrons. The Bertz CT molecular complexity index is 517. The maximum atomic E-state index is 12.6. The molecule has 0 bridgehead atoms. The van der Waals surface area contributed by atoms with E-state index < -0.39 is 5.95 Å². The zero-order valence-electron chi connectivity index (χ0n) is 10.6. The van der Waals surface area contributed by atoms with Gasteiger partial charge in [0.2, 0.25) is 5.95 Å². The van der Waals surface area contributed by atoms with E-state index in [0.717, 1.165) is 10.7 Å². The second kappa shape index (κ2) is 5.02. The molecule has 0 aliphatic rings. The van der Waals surface area contributed by atoms with Crippen LogP contribution in [-0.4, -0.2) is 9.97 Å². The molecule has 18 heavy (non-hydrogen) atoms. The molecule has 0 unspecified atom stereocenters. The maximum absolute atomic E-state index is 12.6. The van der Waals surface area contributed by atoms with Crippen molar-refractivity contribution in [3.8, 4) is 5.75 Å². The fraction of sp³-hybridized carbons (Fsp3) is 0.385. The van der Waals surface area contributed by atoms with Crippen molar-refractivity contribution in [3.05, 3.63) is 40.4 Å². The fourth-order valence-electron chi connectivity index (χ4n) is 1.31. The number of hydrogen-bond acceptors (Lipinski definition) is 4. The van der Waals surface area contributed by atoms with Crippen LogP contribution in [0.3, 0.4) is 0 Å². The van der Waals surface area contributed by atoms with Gasteiger partial charge < -0.3 is 4.74 Å². The first-order valence-electron chi connectivity index (χ1n) is 5.64. The molecule has 3 nitrogen and oxygen atoms in total. The van der Waals surface area contributed by atoms with Gasteiger partial charge in [0, 0.05) is 10.8 Å². The van der Waals surface area contributed by atoms with E-state index in [2.05, 4.69) is 30.7 Å². The molecule has 0 aromatic carbocycles. The SMILES string of the molecule is CC(C)(C)c1csc(COc2ccc(F)nc2)n1. The number of ether oxygens (including phenoxy) is 1. The second-order valence-corrected chi connectivity index (χ2v) is 5.92. The van der Waals surface area contributed by atoms with E-state index in [9.17, 15) is 4.39 Å². The predicted molar refractivity (Wildman–Crippen MR) is 69.3 cm³/mol. The van der Waals surface area contributed by atoms with Crippen molar-refractivity contribution >= 4 is 11.3 Å². The lowest BCUT2D eigenvalue weighted by Gasteiger charge is -2.14. The first-order chi connectivity index (χ1) is 8.45. The van der Waals surface area contributed by atoms with Crippen molar-refractivity contribution in [2.75, 3.05) is 0 Å². The highest BCUT2D eigenvalue weighted by atomic mass is 32.1. The molecule has 0 amide bonds.